The highest BCUT2D eigenvalue weighted by molar-refractivity contribution is 9.09. The van der Waals surface area contributed by atoms with Gasteiger partial charge in [-0.1, -0.05) is 15.9 Å². The molecule has 0 aromatic carbocycles. The van der Waals surface area contributed by atoms with Gasteiger partial charge < -0.3 is 14.4 Å². The van der Waals surface area contributed by atoms with E-state index in [9.17, 15) is 4.79 Å². The minimum atomic E-state index is -0.206. The van der Waals surface area contributed by atoms with Gasteiger partial charge in [-0.3, -0.25) is 4.79 Å². The molecule has 0 radical (unpaired) electrons. The van der Waals surface area contributed by atoms with Crippen molar-refractivity contribution in [1.29, 1.82) is 0 Å². The molecule has 4 nitrogen and oxygen atoms in total. The predicted molar refractivity (Wildman–Crippen MR) is 63.7 cm³/mol. The quantitative estimate of drug-likeness (QED) is 0.717. The Hall–Kier alpha value is -0.130. The second-order valence-corrected chi connectivity index (χ2v) is 4.93. The largest absolute Gasteiger partial charge is 0.374 e. The van der Waals surface area contributed by atoms with Gasteiger partial charge in [0.1, 0.15) is 6.10 Å². The van der Waals surface area contributed by atoms with E-state index in [0.29, 0.717) is 19.7 Å². The molecule has 5 heteroatoms. The van der Waals surface area contributed by atoms with E-state index in [1.165, 1.54) is 0 Å². The number of carbonyl (C=O) groups is 1. The lowest BCUT2D eigenvalue weighted by Crippen LogP contribution is -2.50. The Morgan fingerprint density at radius 3 is 2.88 bits per heavy atom. The second-order valence-electron chi connectivity index (χ2n) is 4.29. The maximum atomic E-state index is 12.1. The summed E-state index contributed by atoms with van der Waals surface area (Å²) in [7, 11) is 0. The lowest BCUT2D eigenvalue weighted by Gasteiger charge is -2.35. The van der Waals surface area contributed by atoms with Crippen LogP contribution in [-0.4, -0.2) is 54.6 Å². The summed E-state index contributed by atoms with van der Waals surface area (Å²) in [6.07, 6.45) is 2.97. The van der Waals surface area contributed by atoms with Crippen molar-refractivity contribution in [2.75, 3.05) is 31.6 Å². The van der Waals surface area contributed by atoms with E-state index in [1.807, 2.05) is 4.90 Å². The Kier molecular flexibility index (Phi) is 4.61. The number of amides is 1. The van der Waals surface area contributed by atoms with Crippen molar-refractivity contribution in [3.63, 3.8) is 0 Å². The van der Waals surface area contributed by atoms with E-state index < -0.39 is 0 Å². The van der Waals surface area contributed by atoms with Crippen molar-refractivity contribution in [3.05, 3.63) is 0 Å². The van der Waals surface area contributed by atoms with Crippen molar-refractivity contribution < 1.29 is 14.3 Å². The molecule has 2 fully saturated rings. The maximum Gasteiger partial charge on any atom is 0.251 e. The van der Waals surface area contributed by atoms with Gasteiger partial charge in [0.15, 0.2) is 0 Å². The molecule has 2 aliphatic rings. The third-order valence-electron chi connectivity index (χ3n) is 3.08. The molecule has 0 saturated carbocycles. The number of rotatable bonds is 2. The summed E-state index contributed by atoms with van der Waals surface area (Å²) in [5.41, 5.74) is 0. The first-order valence-corrected chi connectivity index (χ1v) is 7.01. The highest BCUT2D eigenvalue weighted by Crippen LogP contribution is 2.17. The van der Waals surface area contributed by atoms with E-state index in [1.54, 1.807) is 0 Å². The van der Waals surface area contributed by atoms with E-state index in [-0.39, 0.29) is 18.1 Å². The van der Waals surface area contributed by atoms with Crippen LogP contribution in [0.5, 0.6) is 0 Å². The molecule has 2 unspecified atom stereocenters. The fourth-order valence-electron chi connectivity index (χ4n) is 2.15. The van der Waals surface area contributed by atoms with Crippen molar-refractivity contribution in [2.24, 2.45) is 0 Å². The van der Waals surface area contributed by atoms with Gasteiger partial charge in [-0.05, 0) is 19.3 Å². The average molecular weight is 292 g/mol. The lowest BCUT2D eigenvalue weighted by atomic mass is 10.1. The molecule has 0 spiro atoms. The zero-order valence-corrected chi connectivity index (χ0v) is 10.9. The van der Waals surface area contributed by atoms with Crippen LogP contribution in [0.3, 0.4) is 0 Å². The topological polar surface area (TPSA) is 38.8 Å². The number of nitrogens with zero attached hydrogens (tertiary/aromatic N) is 1. The lowest BCUT2D eigenvalue weighted by molar-refractivity contribution is -0.152. The molecular formula is C11H18BrNO3. The first-order chi connectivity index (χ1) is 7.81. The fourth-order valence-corrected chi connectivity index (χ4v) is 2.54. The number of morpholine rings is 1. The summed E-state index contributed by atoms with van der Waals surface area (Å²) >= 11 is 3.39. The molecule has 0 bridgehead atoms. The number of hydrogen-bond donors (Lipinski definition) is 0. The number of ether oxygens (including phenoxy) is 2. The SMILES string of the molecule is O=C(C1CCCCO1)N1CCOC(CBr)C1. The van der Waals surface area contributed by atoms with Gasteiger partial charge in [0.05, 0.1) is 12.7 Å². The molecule has 1 amide bonds. The van der Waals surface area contributed by atoms with Gasteiger partial charge in [0.2, 0.25) is 0 Å². The van der Waals surface area contributed by atoms with E-state index in [2.05, 4.69) is 15.9 Å². The number of halogens is 1. The Morgan fingerprint density at radius 2 is 2.19 bits per heavy atom. The number of alkyl halides is 1. The summed E-state index contributed by atoms with van der Waals surface area (Å²) in [4.78, 5) is 14.0. The van der Waals surface area contributed by atoms with E-state index in [4.69, 9.17) is 9.47 Å². The third kappa shape index (κ3) is 2.96. The molecule has 2 heterocycles. The van der Waals surface area contributed by atoms with Crippen molar-refractivity contribution in [3.8, 4) is 0 Å². The van der Waals surface area contributed by atoms with Crippen LogP contribution in [0, 0.1) is 0 Å². The molecule has 0 aliphatic carbocycles. The highest BCUT2D eigenvalue weighted by atomic mass is 79.9. The van der Waals surface area contributed by atoms with Crippen molar-refractivity contribution in [1.82, 2.24) is 4.90 Å². The number of carbonyl (C=O) groups excluding carboxylic acids is 1. The third-order valence-corrected chi connectivity index (χ3v) is 3.80. The zero-order chi connectivity index (χ0) is 11.4. The summed E-state index contributed by atoms with van der Waals surface area (Å²) in [6.45, 7) is 2.74. The predicted octanol–water partition coefficient (Wildman–Crippen LogP) is 1.18. The number of hydrogen-bond acceptors (Lipinski definition) is 3. The van der Waals surface area contributed by atoms with Crippen molar-refractivity contribution in [2.45, 2.75) is 31.5 Å². The Balaban J connectivity index is 1.87. The molecule has 92 valence electrons. The molecule has 16 heavy (non-hydrogen) atoms. The first-order valence-electron chi connectivity index (χ1n) is 5.89. The standard InChI is InChI=1S/C11H18BrNO3/c12-7-9-8-13(4-6-15-9)11(14)10-3-1-2-5-16-10/h9-10H,1-8H2. The molecule has 2 atom stereocenters. The van der Waals surface area contributed by atoms with Crippen LogP contribution in [-0.2, 0) is 14.3 Å². The highest BCUT2D eigenvalue weighted by Gasteiger charge is 2.30. The Morgan fingerprint density at radius 1 is 1.31 bits per heavy atom. The molecule has 2 saturated heterocycles. The van der Waals surface area contributed by atoms with Gasteiger partial charge in [-0.15, -0.1) is 0 Å². The zero-order valence-electron chi connectivity index (χ0n) is 9.36. The van der Waals surface area contributed by atoms with Crippen LogP contribution in [0.2, 0.25) is 0 Å². The summed E-state index contributed by atoms with van der Waals surface area (Å²) in [5.74, 6) is 0.147. The molecule has 2 rings (SSSR count). The Labute approximate surface area is 104 Å². The van der Waals surface area contributed by atoms with Crippen LogP contribution >= 0.6 is 15.9 Å². The van der Waals surface area contributed by atoms with E-state index in [0.717, 1.165) is 31.2 Å². The normalized spacial score (nSPS) is 31.4. The van der Waals surface area contributed by atoms with Gasteiger partial charge in [0, 0.05) is 25.0 Å². The second kappa shape index (κ2) is 5.98. The summed E-state index contributed by atoms with van der Waals surface area (Å²) in [5, 5.41) is 0.780. The first kappa shape index (κ1) is 12.3. The van der Waals surface area contributed by atoms with Gasteiger partial charge in [0.25, 0.3) is 5.91 Å². The van der Waals surface area contributed by atoms with Gasteiger partial charge >= 0.3 is 0 Å². The van der Waals surface area contributed by atoms with Crippen LogP contribution < -0.4 is 0 Å². The minimum absolute atomic E-state index is 0.126. The molecule has 0 N–H and O–H groups in total. The van der Waals surface area contributed by atoms with Crippen LogP contribution in [0.25, 0.3) is 0 Å². The smallest absolute Gasteiger partial charge is 0.251 e. The van der Waals surface area contributed by atoms with Crippen LogP contribution in [0.15, 0.2) is 0 Å². The summed E-state index contributed by atoms with van der Waals surface area (Å²) in [6, 6.07) is 0. The minimum Gasteiger partial charge on any atom is -0.374 e. The molecular weight excluding hydrogens is 274 g/mol. The van der Waals surface area contributed by atoms with Crippen LogP contribution in [0.4, 0.5) is 0 Å². The van der Waals surface area contributed by atoms with Crippen LogP contribution in [0.1, 0.15) is 19.3 Å². The molecule has 2 aliphatic heterocycles. The summed E-state index contributed by atoms with van der Waals surface area (Å²) < 4.78 is 11.0. The van der Waals surface area contributed by atoms with E-state index >= 15 is 0 Å². The fraction of sp³-hybridized carbons (Fsp3) is 0.909. The molecule has 0 aromatic heterocycles. The van der Waals surface area contributed by atoms with Crippen molar-refractivity contribution >= 4 is 21.8 Å². The van der Waals surface area contributed by atoms with Gasteiger partial charge in [-0.25, -0.2) is 0 Å². The Bertz CT molecular complexity index is 243. The monoisotopic (exact) mass is 291 g/mol. The van der Waals surface area contributed by atoms with Gasteiger partial charge in [-0.2, -0.15) is 0 Å². The molecule has 0 aromatic rings. The maximum absolute atomic E-state index is 12.1. The average Bonchev–Trinajstić information content (AvgIpc) is 2.39.